The van der Waals surface area contributed by atoms with Gasteiger partial charge in [-0.05, 0) is 30.2 Å². The minimum atomic E-state index is -3.66. The molecule has 1 fully saturated rings. The first-order valence-electron chi connectivity index (χ1n) is 9.55. The Bertz CT molecular complexity index is 1160. The fourth-order valence-electron chi connectivity index (χ4n) is 3.79. The molecule has 1 unspecified atom stereocenters. The minimum Gasteiger partial charge on any atom is -0.282 e. The quantitative estimate of drug-likeness (QED) is 0.665. The second-order valence-corrected chi connectivity index (χ2v) is 9.13. The van der Waals surface area contributed by atoms with Crippen LogP contribution in [0.3, 0.4) is 0 Å². The third kappa shape index (κ3) is 3.75. The highest BCUT2D eigenvalue weighted by molar-refractivity contribution is 7.89. The Morgan fingerprint density at radius 3 is 2.45 bits per heavy atom. The summed E-state index contributed by atoms with van der Waals surface area (Å²) in [6.07, 6.45) is 1.69. The maximum Gasteiger partial charge on any atom is 0.245 e. The van der Waals surface area contributed by atoms with Crippen LogP contribution in [0.4, 0.5) is 0 Å². The average Bonchev–Trinajstić information content (AvgIpc) is 2.75. The van der Waals surface area contributed by atoms with Gasteiger partial charge in [0.1, 0.15) is 10.9 Å². The van der Waals surface area contributed by atoms with E-state index in [1.807, 2.05) is 54.3 Å². The first-order chi connectivity index (χ1) is 14.0. The lowest BCUT2D eigenvalue weighted by Gasteiger charge is -2.36. The summed E-state index contributed by atoms with van der Waals surface area (Å²) in [4.78, 5) is 6.65. The van der Waals surface area contributed by atoms with Crippen molar-refractivity contribution >= 4 is 20.9 Å². The molecule has 3 aromatic rings. The van der Waals surface area contributed by atoms with Gasteiger partial charge in [-0.1, -0.05) is 42.5 Å². The van der Waals surface area contributed by atoms with E-state index in [4.69, 9.17) is 0 Å². The molecule has 0 amide bonds. The Morgan fingerprint density at radius 2 is 1.76 bits per heavy atom. The average molecular weight is 407 g/mol. The topological polar surface area (TPSA) is 77.3 Å². The van der Waals surface area contributed by atoms with E-state index in [9.17, 15) is 13.7 Å². The van der Waals surface area contributed by atoms with Crippen molar-refractivity contribution in [2.45, 2.75) is 17.9 Å². The lowest BCUT2D eigenvalue weighted by atomic mass is 10.1. The highest BCUT2D eigenvalue weighted by Crippen LogP contribution is 2.27. The summed E-state index contributed by atoms with van der Waals surface area (Å²) >= 11 is 0. The molecule has 0 aliphatic carbocycles. The number of piperazine rings is 1. The Hall–Kier alpha value is -2.79. The van der Waals surface area contributed by atoms with E-state index in [1.54, 1.807) is 18.3 Å². The first-order valence-corrected chi connectivity index (χ1v) is 11.0. The maximum absolute atomic E-state index is 13.3. The number of aromatic nitrogens is 1. The van der Waals surface area contributed by atoms with Crippen molar-refractivity contribution in [2.75, 3.05) is 26.2 Å². The van der Waals surface area contributed by atoms with Crippen LogP contribution in [0.25, 0.3) is 10.9 Å². The summed E-state index contributed by atoms with van der Waals surface area (Å²) in [7, 11) is -3.66. The van der Waals surface area contributed by atoms with Crippen LogP contribution < -0.4 is 0 Å². The van der Waals surface area contributed by atoms with Crippen LogP contribution in [-0.2, 0) is 10.0 Å². The zero-order valence-electron chi connectivity index (χ0n) is 16.2. The van der Waals surface area contributed by atoms with Gasteiger partial charge in [0, 0.05) is 37.8 Å². The number of para-hydroxylation sites is 1. The molecule has 0 radical (unpaired) electrons. The zero-order chi connectivity index (χ0) is 20.4. The van der Waals surface area contributed by atoms with E-state index in [0.717, 1.165) is 16.5 Å². The predicted molar refractivity (Wildman–Crippen MR) is 112 cm³/mol. The minimum absolute atomic E-state index is 0.239. The number of hydrogen-bond acceptors (Lipinski definition) is 5. The van der Waals surface area contributed by atoms with E-state index >= 15 is 0 Å². The van der Waals surface area contributed by atoms with Gasteiger partial charge >= 0.3 is 0 Å². The van der Waals surface area contributed by atoms with Gasteiger partial charge in [-0.25, -0.2) is 8.42 Å². The van der Waals surface area contributed by atoms with Gasteiger partial charge in [-0.3, -0.25) is 9.88 Å². The molecule has 2 aromatic carbocycles. The summed E-state index contributed by atoms with van der Waals surface area (Å²) in [5, 5.41) is 10.5. The van der Waals surface area contributed by atoms with Crippen molar-refractivity contribution < 1.29 is 8.42 Å². The van der Waals surface area contributed by atoms with Crippen LogP contribution in [0.15, 0.2) is 65.7 Å². The molecular weight excluding hydrogens is 384 g/mol. The van der Waals surface area contributed by atoms with Crippen molar-refractivity contribution in [3.63, 3.8) is 0 Å². The molecule has 0 N–H and O–H groups in total. The van der Waals surface area contributed by atoms with Gasteiger partial charge in [0.15, 0.2) is 0 Å². The number of pyridine rings is 1. The Morgan fingerprint density at radius 1 is 1.03 bits per heavy atom. The maximum atomic E-state index is 13.3. The summed E-state index contributed by atoms with van der Waals surface area (Å²) in [6.45, 7) is 3.63. The largest absolute Gasteiger partial charge is 0.282 e. The SMILES string of the molecule is Cc1cnc2c(S(=O)(=O)N3CCN(C(C#N)c4ccccc4)CC3)cccc2c1. The predicted octanol–water partition coefficient (Wildman–Crippen LogP) is 3.11. The van der Waals surface area contributed by atoms with Crippen LogP contribution >= 0.6 is 0 Å². The molecule has 0 saturated carbocycles. The van der Waals surface area contributed by atoms with Gasteiger partial charge in [-0.2, -0.15) is 9.57 Å². The van der Waals surface area contributed by atoms with E-state index in [0.29, 0.717) is 31.7 Å². The van der Waals surface area contributed by atoms with Crippen LogP contribution in [-0.4, -0.2) is 48.8 Å². The monoisotopic (exact) mass is 406 g/mol. The highest BCUT2D eigenvalue weighted by atomic mass is 32.2. The molecule has 4 rings (SSSR count). The molecule has 1 aliphatic heterocycles. The van der Waals surface area contributed by atoms with Crippen molar-refractivity contribution in [1.29, 1.82) is 5.26 Å². The molecule has 6 nitrogen and oxygen atoms in total. The Balaban J connectivity index is 1.56. The summed E-state index contributed by atoms with van der Waals surface area (Å²) < 4.78 is 28.1. The number of nitriles is 1. The Kier molecular flexibility index (Phi) is 5.33. The third-order valence-electron chi connectivity index (χ3n) is 5.30. The zero-order valence-corrected chi connectivity index (χ0v) is 17.0. The van der Waals surface area contributed by atoms with E-state index in [2.05, 4.69) is 11.1 Å². The van der Waals surface area contributed by atoms with Gasteiger partial charge in [-0.15, -0.1) is 0 Å². The second-order valence-electron chi connectivity index (χ2n) is 7.22. The van der Waals surface area contributed by atoms with Gasteiger partial charge in [0.2, 0.25) is 10.0 Å². The molecule has 7 heteroatoms. The lowest BCUT2D eigenvalue weighted by molar-refractivity contribution is 0.162. The number of sulfonamides is 1. The molecule has 29 heavy (non-hydrogen) atoms. The molecule has 1 atom stereocenters. The molecule has 2 heterocycles. The van der Waals surface area contributed by atoms with E-state index in [1.165, 1.54) is 4.31 Å². The summed E-state index contributed by atoms with van der Waals surface area (Å²) in [6, 6.07) is 18.8. The van der Waals surface area contributed by atoms with Crippen molar-refractivity contribution in [3.05, 3.63) is 71.9 Å². The van der Waals surface area contributed by atoms with Crippen LogP contribution in [0, 0.1) is 18.3 Å². The molecule has 0 spiro atoms. The van der Waals surface area contributed by atoms with Crippen molar-refractivity contribution in [3.8, 4) is 6.07 Å². The van der Waals surface area contributed by atoms with E-state index in [-0.39, 0.29) is 10.9 Å². The molecule has 1 saturated heterocycles. The number of hydrogen-bond donors (Lipinski definition) is 0. The number of aryl methyl sites for hydroxylation is 1. The van der Waals surface area contributed by atoms with E-state index < -0.39 is 10.0 Å². The molecule has 0 bridgehead atoms. The first kappa shape index (κ1) is 19.5. The normalized spacial score (nSPS) is 17.1. The number of fused-ring (bicyclic) bond motifs is 1. The smallest absolute Gasteiger partial charge is 0.245 e. The fraction of sp³-hybridized carbons (Fsp3) is 0.273. The molecule has 1 aromatic heterocycles. The molecule has 1 aliphatic rings. The van der Waals surface area contributed by atoms with Gasteiger partial charge < -0.3 is 0 Å². The van der Waals surface area contributed by atoms with Gasteiger partial charge in [0.05, 0.1) is 11.6 Å². The lowest BCUT2D eigenvalue weighted by Crippen LogP contribution is -2.49. The summed E-state index contributed by atoms with van der Waals surface area (Å²) in [5.74, 6) is 0. The highest BCUT2D eigenvalue weighted by Gasteiger charge is 2.32. The van der Waals surface area contributed by atoms with Crippen LogP contribution in [0.1, 0.15) is 17.2 Å². The second kappa shape index (κ2) is 7.91. The van der Waals surface area contributed by atoms with Crippen LogP contribution in [0.5, 0.6) is 0 Å². The summed E-state index contributed by atoms with van der Waals surface area (Å²) in [5.41, 5.74) is 2.42. The van der Waals surface area contributed by atoms with Crippen molar-refractivity contribution in [2.24, 2.45) is 0 Å². The molecule has 148 valence electrons. The van der Waals surface area contributed by atoms with Gasteiger partial charge in [0.25, 0.3) is 0 Å². The third-order valence-corrected chi connectivity index (χ3v) is 7.23. The fourth-order valence-corrected chi connectivity index (χ4v) is 5.38. The number of benzene rings is 2. The Labute approximate surface area is 171 Å². The standard InChI is InChI=1S/C22H22N4O2S/c1-17-14-19-8-5-9-21(22(19)24-16-17)29(27,28)26-12-10-25(11-13-26)20(15-23)18-6-3-2-4-7-18/h2-9,14,16,20H,10-13H2,1H3. The van der Waals surface area contributed by atoms with Crippen molar-refractivity contribution in [1.82, 2.24) is 14.2 Å². The molecular formula is C22H22N4O2S. The number of rotatable bonds is 4. The van der Waals surface area contributed by atoms with Crippen LogP contribution in [0.2, 0.25) is 0 Å². The number of nitrogens with zero attached hydrogens (tertiary/aromatic N) is 4.